The summed E-state index contributed by atoms with van der Waals surface area (Å²) in [5.74, 6) is -2.26. The van der Waals surface area contributed by atoms with E-state index in [4.69, 9.17) is 22.1 Å². The van der Waals surface area contributed by atoms with Gasteiger partial charge in [0.15, 0.2) is 6.08 Å². The second kappa shape index (κ2) is 40.6. The van der Waals surface area contributed by atoms with Crippen molar-refractivity contribution in [3.8, 4) is 0 Å². The molecule has 0 fully saturated rings. The molecule has 0 aromatic carbocycles. The zero-order chi connectivity index (χ0) is 44.1. The molecule has 0 aliphatic carbocycles. The van der Waals surface area contributed by atoms with Crippen molar-refractivity contribution in [2.45, 2.75) is 193 Å². The maximum absolute atomic E-state index is 12.9. The summed E-state index contributed by atoms with van der Waals surface area (Å²) in [6.07, 6.45) is 38.2. The lowest BCUT2D eigenvalue weighted by Gasteiger charge is -2.19. The number of ether oxygens (including phenoxy) is 2. The normalized spacial score (nSPS) is 16.3. The Hall–Kier alpha value is -2.03. The van der Waals surface area contributed by atoms with E-state index >= 15 is 0 Å². The number of unbranched alkanes of at least 4 members (excludes halogenated alkanes) is 19. The van der Waals surface area contributed by atoms with Gasteiger partial charge in [0.25, 0.3) is 0 Å². The van der Waals surface area contributed by atoms with Crippen molar-refractivity contribution in [2.75, 3.05) is 26.3 Å². The molecule has 0 aromatic rings. The molecule has 0 radical (unpaired) electrons. The highest BCUT2D eigenvalue weighted by atomic mass is 31.2. The van der Waals surface area contributed by atoms with Gasteiger partial charge in [0, 0.05) is 19.4 Å². The van der Waals surface area contributed by atoms with Gasteiger partial charge in [-0.05, 0) is 57.8 Å². The van der Waals surface area contributed by atoms with E-state index in [2.05, 4.69) is 65.4 Å². The van der Waals surface area contributed by atoms with Crippen molar-refractivity contribution in [1.29, 1.82) is 0 Å². The summed E-state index contributed by atoms with van der Waals surface area (Å²) in [5, 5.41) is 0. The Bertz CT molecular complexity index is 1250. The van der Waals surface area contributed by atoms with Crippen molar-refractivity contribution >= 4 is 19.8 Å². The molecule has 0 saturated carbocycles. The highest BCUT2D eigenvalue weighted by Gasteiger charge is 2.26. The summed E-state index contributed by atoms with van der Waals surface area (Å²) >= 11 is 0. The van der Waals surface area contributed by atoms with Crippen molar-refractivity contribution in [1.82, 2.24) is 0 Å². The van der Waals surface area contributed by atoms with Crippen LogP contribution in [0.3, 0.4) is 0 Å². The number of carbonyl (C=O) groups is 2. The third kappa shape index (κ3) is 39.7. The average Bonchev–Trinajstić information content (AvgIpc) is 3.17. The Balaban J connectivity index is 4.89. The van der Waals surface area contributed by atoms with Gasteiger partial charge < -0.3 is 20.1 Å². The Labute approximate surface area is 337 Å². The van der Waals surface area contributed by atoms with Crippen LogP contribution < -0.4 is 5.73 Å². The SMILES string of the molecule is [2H]C([2H])(OC(=O)CCCCCCCCCCCCCCCC)[C@@]([2H])(OC(=O)CCCCC/C=C/C/C=C/C/C=C/C/C=C/CCCCC)C([2H])([2H])OP(=O)(O)OCCN. The first kappa shape index (κ1) is 43.1. The van der Waals surface area contributed by atoms with E-state index in [1.165, 1.54) is 70.6 Å². The fraction of sp³-hybridized carbons (Fsp3) is 0.773. The minimum Gasteiger partial charge on any atom is -0.462 e. The summed E-state index contributed by atoms with van der Waals surface area (Å²) in [6, 6.07) is 0. The van der Waals surface area contributed by atoms with Gasteiger partial charge in [0.2, 0.25) is 0 Å². The van der Waals surface area contributed by atoms with Gasteiger partial charge >= 0.3 is 19.8 Å². The molecule has 0 spiro atoms. The molecule has 54 heavy (non-hydrogen) atoms. The van der Waals surface area contributed by atoms with Gasteiger partial charge in [0.05, 0.1) is 20.0 Å². The van der Waals surface area contributed by atoms with Gasteiger partial charge in [-0.25, -0.2) is 4.57 Å². The Kier molecular flexibility index (Phi) is 32.4. The standard InChI is InChI=1S/C44H80NO8P/c1-3-5-7-9-11-13-15-17-19-20-21-22-23-25-27-29-31-33-35-37-44(47)53-42(41-52-54(48,49)51-39-38-45)40-50-43(46)36-34-32-30-28-26-24-18-16-14-12-10-8-6-4-2/h11,13,17,19,21-22,25,27,42H,3-10,12,14-16,18,20,23-24,26,28-41,45H2,1-2H3,(H,48,49)/b13-11+,19-17+,22-21+,27-25+/t42-/m1/s1/i40D2,41D2,42D. The first-order valence-corrected chi connectivity index (χ1v) is 22.6. The van der Waals surface area contributed by atoms with E-state index in [1.54, 1.807) is 0 Å². The molecule has 0 saturated heterocycles. The van der Waals surface area contributed by atoms with Crippen LogP contribution in [0.2, 0.25) is 0 Å². The van der Waals surface area contributed by atoms with E-state index in [0.717, 1.165) is 64.2 Å². The monoisotopic (exact) mass is 787 g/mol. The predicted octanol–water partition coefficient (Wildman–Crippen LogP) is 12.3. The van der Waals surface area contributed by atoms with Crippen LogP contribution in [0.5, 0.6) is 0 Å². The van der Waals surface area contributed by atoms with Crippen LogP contribution in [-0.2, 0) is 32.7 Å². The van der Waals surface area contributed by atoms with Crippen molar-refractivity contribution in [2.24, 2.45) is 5.73 Å². The third-order valence-electron chi connectivity index (χ3n) is 8.54. The van der Waals surface area contributed by atoms with Gasteiger partial charge in [-0.15, -0.1) is 0 Å². The highest BCUT2D eigenvalue weighted by Crippen LogP contribution is 2.43. The zero-order valence-electron chi connectivity index (χ0n) is 39.0. The molecule has 0 bridgehead atoms. The Morgan fingerprint density at radius 2 is 1.02 bits per heavy atom. The van der Waals surface area contributed by atoms with Gasteiger partial charge in [-0.1, -0.05) is 165 Å². The van der Waals surface area contributed by atoms with Crippen molar-refractivity contribution in [3.63, 3.8) is 0 Å². The molecule has 0 rings (SSSR count). The maximum atomic E-state index is 12.9. The summed E-state index contributed by atoms with van der Waals surface area (Å²) in [4.78, 5) is 35.7. The van der Waals surface area contributed by atoms with E-state index in [9.17, 15) is 19.0 Å². The lowest BCUT2D eigenvalue weighted by atomic mass is 10.0. The molecule has 0 amide bonds. The maximum Gasteiger partial charge on any atom is 0.472 e. The number of carbonyl (C=O) groups excluding carboxylic acids is 2. The van der Waals surface area contributed by atoms with Gasteiger partial charge in [-0.2, -0.15) is 0 Å². The molecule has 3 N–H and O–H groups in total. The molecule has 0 heterocycles. The topological polar surface area (TPSA) is 134 Å². The smallest absolute Gasteiger partial charge is 0.462 e. The molecule has 1 unspecified atom stereocenters. The second-order valence-corrected chi connectivity index (χ2v) is 15.1. The molecule has 0 aliphatic rings. The lowest BCUT2D eigenvalue weighted by molar-refractivity contribution is -0.161. The average molecular weight is 787 g/mol. The van der Waals surface area contributed by atoms with Crippen LogP contribution in [0.1, 0.15) is 194 Å². The van der Waals surface area contributed by atoms with Crippen LogP contribution in [0.25, 0.3) is 0 Å². The van der Waals surface area contributed by atoms with Crippen molar-refractivity contribution < 1.29 is 44.4 Å². The Morgan fingerprint density at radius 3 is 1.52 bits per heavy atom. The highest BCUT2D eigenvalue weighted by molar-refractivity contribution is 7.47. The number of hydrogen-bond donors (Lipinski definition) is 2. The third-order valence-corrected chi connectivity index (χ3v) is 9.37. The van der Waals surface area contributed by atoms with Crippen LogP contribution in [0.15, 0.2) is 48.6 Å². The minimum atomic E-state index is -5.27. The molecule has 10 heteroatoms. The van der Waals surface area contributed by atoms with Crippen LogP contribution in [-0.4, -0.2) is 49.2 Å². The van der Waals surface area contributed by atoms with E-state index < -0.39 is 45.6 Å². The minimum absolute atomic E-state index is 0.219. The van der Waals surface area contributed by atoms with E-state index in [-0.39, 0.29) is 25.8 Å². The largest absolute Gasteiger partial charge is 0.472 e. The number of phosphoric acid groups is 1. The van der Waals surface area contributed by atoms with Crippen molar-refractivity contribution in [3.05, 3.63) is 48.6 Å². The number of nitrogens with two attached hydrogens (primary N) is 1. The quantitative estimate of drug-likeness (QED) is 0.0269. The van der Waals surface area contributed by atoms with Crippen LogP contribution in [0.4, 0.5) is 0 Å². The number of allylic oxidation sites excluding steroid dienone is 8. The molecule has 9 nitrogen and oxygen atoms in total. The Morgan fingerprint density at radius 1 is 0.611 bits per heavy atom. The summed E-state index contributed by atoms with van der Waals surface area (Å²) in [7, 11) is -5.27. The second-order valence-electron chi connectivity index (χ2n) is 13.7. The van der Waals surface area contributed by atoms with E-state index in [0.29, 0.717) is 19.3 Å². The molecular weight excluding hydrogens is 701 g/mol. The molecule has 2 atom stereocenters. The number of hydrogen-bond acceptors (Lipinski definition) is 8. The molecule has 0 aliphatic heterocycles. The van der Waals surface area contributed by atoms with E-state index in [1.807, 2.05) is 6.08 Å². The summed E-state index contributed by atoms with van der Waals surface area (Å²) in [6.45, 7) is -3.77. The molecule has 0 aromatic heterocycles. The number of phosphoric ester groups is 1. The van der Waals surface area contributed by atoms with Crippen LogP contribution >= 0.6 is 7.82 Å². The number of esters is 2. The summed E-state index contributed by atoms with van der Waals surface area (Å²) < 4.78 is 73.5. The fourth-order valence-electron chi connectivity index (χ4n) is 5.41. The molecule has 314 valence electrons. The first-order chi connectivity index (χ1) is 28.2. The number of rotatable bonds is 40. The predicted molar refractivity (Wildman–Crippen MR) is 224 cm³/mol. The zero-order valence-corrected chi connectivity index (χ0v) is 34.8. The fourth-order valence-corrected chi connectivity index (χ4v) is 6.00. The van der Waals surface area contributed by atoms with Gasteiger partial charge in [-0.3, -0.25) is 18.6 Å². The summed E-state index contributed by atoms with van der Waals surface area (Å²) in [5.41, 5.74) is 5.29. The lowest BCUT2D eigenvalue weighted by Crippen LogP contribution is -2.29. The molecular formula is C44H80NO8P. The van der Waals surface area contributed by atoms with Gasteiger partial charge in [0.1, 0.15) is 6.56 Å². The van der Waals surface area contributed by atoms with Crippen LogP contribution in [0, 0.1) is 0 Å². The first-order valence-electron chi connectivity index (χ1n) is 23.6.